The fourth-order valence-electron chi connectivity index (χ4n) is 2.82. The highest BCUT2D eigenvalue weighted by Crippen LogP contribution is 2.32. The first kappa shape index (κ1) is 17.3. The molecule has 25 heavy (non-hydrogen) atoms. The van der Waals surface area contributed by atoms with Crippen molar-refractivity contribution in [3.8, 4) is 0 Å². The molecule has 0 saturated carbocycles. The Balaban J connectivity index is 2.32. The van der Waals surface area contributed by atoms with Gasteiger partial charge in [-0.3, -0.25) is 4.90 Å². The van der Waals surface area contributed by atoms with Crippen LogP contribution in [0.5, 0.6) is 0 Å². The summed E-state index contributed by atoms with van der Waals surface area (Å²) < 4.78 is 0.738. The van der Waals surface area contributed by atoms with Gasteiger partial charge in [0.1, 0.15) is 13.5 Å². The summed E-state index contributed by atoms with van der Waals surface area (Å²) in [4.78, 5) is 3.01. The van der Waals surface area contributed by atoms with Gasteiger partial charge in [-0.1, -0.05) is 29.8 Å². The van der Waals surface area contributed by atoms with E-state index in [0.29, 0.717) is 27.8 Å². The van der Waals surface area contributed by atoms with Crippen LogP contribution in [0.4, 0.5) is 5.69 Å². The average Bonchev–Trinajstić information content (AvgIpc) is 2.75. The van der Waals surface area contributed by atoms with Crippen LogP contribution in [-0.2, 0) is 0 Å². The Morgan fingerprint density at radius 3 is 2.52 bits per heavy atom. The first-order valence-electron chi connectivity index (χ1n) is 7.67. The number of aliphatic hydroxyl groups excluding tert-OH is 2. The molecule has 0 atom stereocenters. The smallest absolute Gasteiger partial charge is 0.233 e. The van der Waals surface area contributed by atoms with Gasteiger partial charge < -0.3 is 20.3 Å². The van der Waals surface area contributed by atoms with Crippen molar-refractivity contribution >= 4 is 23.0 Å². The molecule has 2 aromatic rings. The van der Waals surface area contributed by atoms with Crippen molar-refractivity contribution in [1.29, 1.82) is 0 Å². The summed E-state index contributed by atoms with van der Waals surface area (Å²) in [5.41, 5.74) is 2.36. The molecule has 6 nitrogen and oxygen atoms in total. The first-order valence-corrected chi connectivity index (χ1v) is 8.05. The molecule has 0 fully saturated rings. The summed E-state index contributed by atoms with van der Waals surface area (Å²) in [5, 5.41) is 32.8. The van der Waals surface area contributed by atoms with E-state index in [-0.39, 0.29) is 13.5 Å². The van der Waals surface area contributed by atoms with Crippen LogP contribution >= 0.6 is 11.6 Å². The van der Waals surface area contributed by atoms with Crippen molar-refractivity contribution in [2.75, 3.05) is 25.4 Å². The molecule has 1 aliphatic rings. The standard InChI is InChI=1S/C18H18ClN3O3/c1-20(11-23)17-10-22(25)18(13-5-3-2-4-6-13)15-9-14(19)7-8-16(15)21(17)12-24/h2-10,23-24H,11-12H2,1H3. The number of hydrogen-bond donors (Lipinski definition) is 2. The van der Waals surface area contributed by atoms with Crippen LogP contribution in [0, 0.1) is 5.21 Å². The predicted octanol–water partition coefficient (Wildman–Crippen LogP) is 2.14. The van der Waals surface area contributed by atoms with E-state index in [1.807, 2.05) is 30.3 Å². The zero-order chi connectivity index (χ0) is 18.0. The molecule has 0 amide bonds. The van der Waals surface area contributed by atoms with Crippen LogP contribution in [0.3, 0.4) is 0 Å². The molecule has 1 aliphatic heterocycles. The van der Waals surface area contributed by atoms with Crippen LogP contribution < -0.4 is 4.90 Å². The second-order valence-electron chi connectivity index (χ2n) is 5.60. The zero-order valence-corrected chi connectivity index (χ0v) is 14.4. The SMILES string of the molecule is CN(CO)C1=C[N+]([O-])=C(c2ccccc2)c2cc(Cl)ccc2N1CO. The maximum Gasteiger partial charge on any atom is 0.233 e. The number of nitrogens with zero attached hydrogens (tertiary/aromatic N) is 3. The number of aliphatic hydroxyl groups is 2. The summed E-state index contributed by atoms with van der Waals surface area (Å²) in [6.45, 7) is -0.666. The summed E-state index contributed by atoms with van der Waals surface area (Å²) in [6, 6.07) is 14.4. The van der Waals surface area contributed by atoms with Crippen molar-refractivity contribution in [2.24, 2.45) is 0 Å². The highest BCUT2D eigenvalue weighted by Gasteiger charge is 2.29. The van der Waals surface area contributed by atoms with Gasteiger partial charge in [0, 0.05) is 17.6 Å². The molecule has 3 rings (SSSR count). The van der Waals surface area contributed by atoms with E-state index in [4.69, 9.17) is 11.6 Å². The molecule has 0 saturated heterocycles. The molecule has 130 valence electrons. The molecule has 0 radical (unpaired) electrons. The number of hydroxylamine groups is 1. The molecule has 0 bridgehead atoms. The third kappa shape index (κ3) is 3.19. The Morgan fingerprint density at radius 2 is 1.88 bits per heavy atom. The van der Waals surface area contributed by atoms with Crippen LogP contribution in [0.25, 0.3) is 0 Å². The fourth-order valence-corrected chi connectivity index (χ4v) is 2.99. The number of benzene rings is 2. The normalized spacial score (nSPS) is 14.1. The highest BCUT2D eigenvalue weighted by molar-refractivity contribution is 6.31. The summed E-state index contributed by atoms with van der Waals surface area (Å²) in [5.74, 6) is 0.370. The average molecular weight is 360 g/mol. The third-order valence-electron chi connectivity index (χ3n) is 4.03. The summed E-state index contributed by atoms with van der Waals surface area (Å²) in [6.07, 6.45) is 1.34. The lowest BCUT2D eigenvalue weighted by Gasteiger charge is -2.29. The van der Waals surface area contributed by atoms with Crippen molar-refractivity contribution in [3.05, 3.63) is 81.9 Å². The molecule has 0 aromatic heterocycles. The van der Waals surface area contributed by atoms with Crippen LogP contribution in [0.1, 0.15) is 11.1 Å². The lowest BCUT2D eigenvalue weighted by atomic mass is 10.00. The Labute approximate surface area is 150 Å². The topological polar surface area (TPSA) is 73.0 Å². The maximum absolute atomic E-state index is 12.9. The monoisotopic (exact) mass is 359 g/mol. The Morgan fingerprint density at radius 1 is 1.16 bits per heavy atom. The van der Waals surface area contributed by atoms with E-state index in [9.17, 15) is 15.4 Å². The minimum absolute atomic E-state index is 0.306. The van der Waals surface area contributed by atoms with E-state index in [0.717, 1.165) is 10.3 Å². The van der Waals surface area contributed by atoms with Gasteiger partial charge in [-0.05, 0) is 30.3 Å². The first-order chi connectivity index (χ1) is 12.1. The molecule has 0 spiro atoms. The molecule has 0 unspecified atom stereocenters. The molecule has 2 aromatic carbocycles. The minimum atomic E-state index is -0.360. The fraction of sp³-hybridized carbons (Fsp3) is 0.167. The van der Waals surface area contributed by atoms with E-state index >= 15 is 0 Å². The Kier molecular flexibility index (Phi) is 4.94. The van der Waals surface area contributed by atoms with Gasteiger partial charge in [0.2, 0.25) is 11.9 Å². The van der Waals surface area contributed by atoms with Gasteiger partial charge in [-0.25, -0.2) is 0 Å². The maximum atomic E-state index is 12.9. The Bertz CT molecular complexity index is 837. The van der Waals surface area contributed by atoms with E-state index < -0.39 is 0 Å². The zero-order valence-electron chi connectivity index (χ0n) is 13.6. The van der Waals surface area contributed by atoms with Gasteiger partial charge in [0.25, 0.3) is 0 Å². The van der Waals surface area contributed by atoms with Crippen molar-refractivity contribution < 1.29 is 15.0 Å². The van der Waals surface area contributed by atoms with Crippen LogP contribution in [0.2, 0.25) is 5.02 Å². The molecule has 2 N–H and O–H groups in total. The number of anilines is 1. The lowest BCUT2D eigenvalue weighted by Crippen LogP contribution is -2.35. The van der Waals surface area contributed by atoms with Crippen molar-refractivity contribution in [2.45, 2.75) is 0 Å². The predicted molar refractivity (Wildman–Crippen MR) is 97.2 cm³/mol. The second kappa shape index (κ2) is 7.14. The molecular weight excluding hydrogens is 342 g/mol. The number of halogens is 1. The van der Waals surface area contributed by atoms with Gasteiger partial charge in [0.05, 0.1) is 11.3 Å². The lowest BCUT2D eigenvalue weighted by molar-refractivity contribution is -0.379. The molecule has 0 aliphatic carbocycles. The molecular formula is C18H18ClN3O3. The van der Waals surface area contributed by atoms with Crippen LogP contribution in [-0.4, -0.2) is 46.1 Å². The van der Waals surface area contributed by atoms with E-state index in [2.05, 4.69) is 0 Å². The van der Waals surface area contributed by atoms with Crippen LogP contribution in [0.15, 0.2) is 60.6 Å². The number of fused-ring (bicyclic) bond motifs is 1. The van der Waals surface area contributed by atoms with Gasteiger partial charge in [-0.15, -0.1) is 0 Å². The van der Waals surface area contributed by atoms with Crippen molar-refractivity contribution in [1.82, 2.24) is 4.90 Å². The van der Waals surface area contributed by atoms with E-state index in [1.165, 1.54) is 11.1 Å². The molecule has 1 heterocycles. The van der Waals surface area contributed by atoms with Gasteiger partial charge in [0.15, 0.2) is 5.82 Å². The van der Waals surface area contributed by atoms with Gasteiger partial charge >= 0.3 is 0 Å². The summed E-state index contributed by atoms with van der Waals surface area (Å²) in [7, 11) is 1.63. The molecule has 7 heteroatoms. The highest BCUT2D eigenvalue weighted by atomic mass is 35.5. The number of hydrogen-bond acceptors (Lipinski definition) is 5. The quantitative estimate of drug-likeness (QED) is 0.497. The number of rotatable bonds is 4. The minimum Gasteiger partial charge on any atom is -0.618 e. The second-order valence-corrected chi connectivity index (χ2v) is 6.03. The summed E-state index contributed by atoms with van der Waals surface area (Å²) >= 11 is 6.17. The van der Waals surface area contributed by atoms with Gasteiger partial charge in [-0.2, -0.15) is 4.74 Å². The Hall–Kier alpha value is -2.54. The largest absolute Gasteiger partial charge is 0.618 e. The third-order valence-corrected chi connectivity index (χ3v) is 4.26. The van der Waals surface area contributed by atoms with Crippen molar-refractivity contribution in [3.63, 3.8) is 0 Å². The van der Waals surface area contributed by atoms with E-state index in [1.54, 1.807) is 30.1 Å².